The molecule has 9 nitrogen and oxygen atoms in total. The van der Waals surface area contributed by atoms with Gasteiger partial charge < -0.3 is 23.6 Å². The van der Waals surface area contributed by atoms with E-state index in [1.54, 1.807) is 24.5 Å². The minimum Gasteiger partial charge on any atom is -0.493 e. The van der Waals surface area contributed by atoms with Crippen molar-refractivity contribution in [3.63, 3.8) is 0 Å². The van der Waals surface area contributed by atoms with E-state index in [9.17, 15) is 4.79 Å². The number of carbonyl (C=O) groups is 1. The van der Waals surface area contributed by atoms with E-state index >= 15 is 0 Å². The van der Waals surface area contributed by atoms with Gasteiger partial charge in [-0.2, -0.15) is 4.98 Å². The van der Waals surface area contributed by atoms with Gasteiger partial charge in [0.25, 0.3) is 11.8 Å². The molecule has 4 rings (SSSR count). The molecule has 1 aromatic carbocycles. The van der Waals surface area contributed by atoms with Crippen LogP contribution in [-0.2, 0) is 0 Å². The van der Waals surface area contributed by atoms with Gasteiger partial charge in [0, 0.05) is 37.0 Å². The van der Waals surface area contributed by atoms with Gasteiger partial charge in [0.15, 0.2) is 17.3 Å². The molecule has 0 aliphatic carbocycles. The van der Waals surface area contributed by atoms with Crippen LogP contribution in [0.4, 0.5) is 0 Å². The number of amides is 1. The highest BCUT2D eigenvalue weighted by Crippen LogP contribution is 2.39. The number of likely N-dealkylation sites (tertiary alicyclic amines) is 1. The van der Waals surface area contributed by atoms with E-state index in [0.29, 0.717) is 47.6 Å². The summed E-state index contributed by atoms with van der Waals surface area (Å²) in [5.74, 6) is 2.55. The van der Waals surface area contributed by atoms with Crippen LogP contribution >= 0.6 is 0 Å². The lowest BCUT2D eigenvalue weighted by Gasteiger charge is -2.31. The van der Waals surface area contributed by atoms with Crippen molar-refractivity contribution in [2.75, 3.05) is 34.4 Å². The molecule has 3 aromatic rings. The van der Waals surface area contributed by atoms with Crippen molar-refractivity contribution in [1.29, 1.82) is 0 Å². The summed E-state index contributed by atoms with van der Waals surface area (Å²) in [5.41, 5.74) is 1.28. The minimum absolute atomic E-state index is 0.0816. The summed E-state index contributed by atoms with van der Waals surface area (Å²) in [6, 6.07) is 7.06. The number of carbonyl (C=O) groups excluding carboxylic acids is 1. The first-order valence-electron chi connectivity index (χ1n) is 9.98. The quantitative estimate of drug-likeness (QED) is 0.595. The van der Waals surface area contributed by atoms with E-state index in [1.807, 2.05) is 17.0 Å². The molecular formula is C22H24N4O5. The van der Waals surface area contributed by atoms with Gasteiger partial charge in [-0.25, -0.2) is 0 Å². The maximum Gasteiger partial charge on any atom is 0.259 e. The molecule has 0 saturated carbocycles. The third-order valence-corrected chi connectivity index (χ3v) is 5.41. The van der Waals surface area contributed by atoms with Crippen molar-refractivity contribution in [3.8, 4) is 28.7 Å². The molecule has 2 aromatic heterocycles. The van der Waals surface area contributed by atoms with E-state index in [1.165, 1.54) is 21.3 Å². The summed E-state index contributed by atoms with van der Waals surface area (Å²) in [6.45, 7) is 1.19. The maximum atomic E-state index is 13.1. The number of piperidine rings is 1. The van der Waals surface area contributed by atoms with Crippen LogP contribution in [0.15, 0.2) is 41.2 Å². The smallest absolute Gasteiger partial charge is 0.259 e. The largest absolute Gasteiger partial charge is 0.493 e. The molecule has 0 unspecified atom stereocenters. The molecule has 3 heterocycles. The fourth-order valence-corrected chi connectivity index (χ4v) is 3.74. The summed E-state index contributed by atoms with van der Waals surface area (Å²) in [6.07, 6.45) is 4.89. The van der Waals surface area contributed by atoms with Crippen molar-refractivity contribution < 1.29 is 23.5 Å². The fourth-order valence-electron chi connectivity index (χ4n) is 3.74. The number of methoxy groups -OCH3 is 3. The Morgan fingerprint density at radius 3 is 2.39 bits per heavy atom. The number of rotatable bonds is 6. The predicted molar refractivity (Wildman–Crippen MR) is 112 cm³/mol. The SMILES string of the molecule is COc1cc(C(=O)N2CCC(c3noc(-c4cccnc4)n3)CC2)cc(OC)c1OC. The van der Waals surface area contributed by atoms with E-state index in [-0.39, 0.29) is 11.8 Å². The molecule has 9 heteroatoms. The van der Waals surface area contributed by atoms with Crippen LogP contribution in [-0.4, -0.2) is 60.4 Å². The second-order valence-corrected chi connectivity index (χ2v) is 7.18. The first kappa shape index (κ1) is 20.6. The van der Waals surface area contributed by atoms with Gasteiger partial charge in [-0.3, -0.25) is 9.78 Å². The van der Waals surface area contributed by atoms with Crippen molar-refractivity contribution in [3.05, 3.63) is 48.0 Å². The van der Waals surface area contributed by atoms with Crippen LogP contribution in [0.25, 0.3) is 11.5 Å². The van der Waals surface area contributed by atoms with Crippen LogP contribution in [0.3, 0.4) is 0 Å². The maximum absolute atomic E-state index is 13.1. The third-order valence-electron chi connectivity index (χ3n) is 5.41. The van der Waals surface area contributed by atoms with Gasteiger partial charge in [0.2, 0.25) is 5.75 Å². The first-order chi connectivity index (χ1) is 15.1. The third kappa shape index (κ3) is 4.16. The number of aromatic nitrogens is 3. The standard InChI is InChI=1S/C22H24N4O5/c1-28-17-11-16(12-18(29-2)19(17)30-3)22(27)26-9-6-14(7-10-26)20-24-21(31-25-20)15-5-4-8-23-13-15/h4-5,8,11-14H,6-7,9-10H2,1-3H3. The summed E-state index contributed by atoms with van der Waals surface area (Å²) >= 11 is 0. The Labute approximate surface area is 179 Å². The number of hydrogen-bond donors (Lipinski definition) is 0. The molecule has 1 aliphatic heterocycles. The molecule has 0 spiro atoms. The van der Waals surface area contributed by atoms with Gasteiger partial charge in [0.05, 0.1) is 26.9 Å². The topological polar surface area (TPSA) is 99.8 Å². The van der Waals surface area contributed by atoms with Crippen LogP contribution in [0.5, 0.6) is 17.2 Å². The molecular weight excluding hydrogens is 400 g/mol. The minimum atomic E-state index is -0.0816. The summed E-state index contributed by atoms with van der Waals surface area (Å²) in [7, 11) is 4.59. The molecule has 31 heavy (non-hydrogen) atoms. The Morgan fingerprint density at radius 1 is 1.10 bits per heavy atom. The van der Waals surface area contributed by atoms with Crippen molar-refractivity contribution >= 4 is 5.91 Å². The Bertz CT molecular complexity index is 1020. The van der Waals surface area contributed by atoms with Gasteiger partial charge >= 0.3 is 0 Å². The van der Waals surface area contributed by atoms with Crippen LogP contribution < -0.4 is 14.2 Å². The summed E-state index contributed by atoms with van der Waals surface area (Å²) in [4.78, 5) is 23.5. The van der Waals surface area contributed by atoms with Gasteiger partial charge in [-0.15, -0.1) is 0 Å². The molecule has 0 atom stereocenters. The Balaban J connectivity index is 1.44. The molecule has 1 fully saturated rings. The molecule has 0 bridgehead atoms. The number of hydrogen-bond acceptors (Lipinski definition) is 8. The Hall–Kier alpha value is -3.62. The molecule has 0 radical (unpaired) electrons. The van der Waals surface area contributed by atoms with Crippen LogP contribution in [0, 0.1) is 0 Å². The van der Waals surface area contributed by atoms with Crippen molar-refractivity contribution in [2.45, 2.75) is 18.8 Å². The van der Waals surface area contributed by atoms with Crippen molar-refractivity contribution in [2.24, 2.45) is 0 Å². The second-order valence-electron chi connectivity index (χ2n) is 7.18. The van der Waals surface area contributed by atoms with Gasteiger partial charge in [-0.1, -0.05) is 5.16 Å². The lowest BCUT2D eigenvalue weighted by atomic mass is 9.95. The summed E-state index contributed by atoms with van der Waals surface area (Å²) in [5, 5.41) is 4.14. The van der Waals surface area contributed by atoms with E-state index in [2.05, 4.69) is 15.1 Å². The zero-order valence-electron chi connectivity index (χ0n) is 17.7. The monoisotopic (exact) mass is 424 g/mol. The lowest BCUT2D eigenvalue weighted by molar-refractivity contribution is 0.0709. The van der Waals surface area contributed by atoms with E-state index in [4.69, 9.17) is 18.7 Å². The molecule has 1 saturated heterocycles. The Kier molecular flexibility index (Phi) is 6.01. The zero-order valence-corrected chi connectivity index (χ0v) is 17.7. The normalized spacial score (nSPS) is 14.4. The zero-order chi connectivity index (χ0) is 21.8. The number of nitrogens with zero attached hydrogens (tertiary/aromatic N) is 4. The van der Waals surface area contributed by atoms with Crippen LogP contribution in [0.1, 0.15) is 34.9 Å². The average molecular weight is 424 g/mol. The van der Waals surface area contributed by atoms with E-state index < -0.39 is 0 Å². The summed E-state index contributed by atoms with van der Waals surface area (Å²) < 4.78 is 21.5. The Morgan fingerprint density at radius 2 is 1.81 bits per heavy atom. The van der Waals surface area contributed by atoms with Crippen molar-refractivity contribution in [1.82, 2.24) is 20.0 Å². The van der Waals surface area contributed by atoms with Gasteiger partial charge in [0.1, 0.15) is 0 Å². The molecule has 1 amide bonds. The fraction of sp³-hybridized carbons (Fsp3) is 0.364. The van der Waals surface area contributed by atoms with Crippen LogP contribution in [0.2, 0.25) is 0 Å². The predicted octanol–water partition coefficient (Wildman–Crippen LogP) is 3.18. The highest BCUT2D eigenvalue weighted by Gasteiger charge is 2.29. The molecule has 1 aliphatic rings. The second kappa shape index (κ2) is 9.03. The number of ether oxygens (including phenoxy) is 3. The lowest BCUT2D eigenvalue weighted by Crippen LogP contribution is -2.38. The number of pyridine rings is 1. The average Bonchev–Trinajstić information content (AvgIpc) is 3.33. The molecule has 0 N–H and O–H groups in total. The first-order valence-corrected chi connectivity index (χ1v) is 9.98. The molecule has 162 valence electrons. The highest BCUT2D eigenvalue weighted by molar-refractivity contribution is 5.95. The highest BCUT2D eigenvalue weighted by atomic mass is 16.5. The van der Waals surface area contributed by atoms with Gasteiger partial charge in [-0.05, 0) is 37.1 Å². The number of benzene rings is 1. The van der Waals surface area contributed by atoms with E-state index in [0.717, 1.165) is 18.4 Å².